The number of amides is 2. The summed E-state index contributed by atoms with van der Waals surface area (Å²) in [4.78, 5) is 28.3. The largest absolute Gasteiger partial charge is 0.496 e. The molecule has 4 rings (SSSR count). The summed E-state index contributed by atoms with van der Waals surface area (Å²) < 4.78 is 11.0. The molecule has 6 nitrogen and oxygen atoms in total. The number of imide groups is 1. The van der Waals surface area contributed by atoms with E-state index in [1.165, 1.54) is 7.11 Å². The molecule has 0 saturated carbocycles. The molecule has 2 amide bonds. The highest BCUT2D eigenvalue weighted by molar-refractivity contribution is 6.46. The average Bonchev–Trinajstić information content (AvgIpc) is 3.06. The maximum absolute atomic E-state index is 13.6. The van der Waals surface area contributed by atoms with Gasteiger partial charge in [-0.15, -0.1) is 0 Å². The van der Waals surface area contributed by atoms with Crippen LogP contribution in [0.5, 0.6) is 11.5 Å². The number of nitrogens with one attached hydrogen (secondary N) is 1. The molecule has 3 aromatic rings. The summed E-state index contributed by atoms with van der Waals surface area (Å²) in [7, 11) is 1.53. The number of rotatable bonds is 7. The molecule has 0 fully saturated rings. The quantitative estimate of drug-likeness (QED) is 0.473. The van der Waals surface area contributed by atoms with Gasteiger partial charge in [-0.05, 0) is 61.9 Å². The SMILES string of the molecule is CCOc1ccc(N2C(=O)C(Nc3ccc(C)c(Cl)c3)=C(c3ccccc3OC)C2=O)cc1. The fourth-order valence-electron chi connectivity index (χ4n) is 3.65. The van der Waals surface area contributed by atoms with Crippen LogP contribution in [0.1, 0.15) is 18.1 Å². The highest BCUT2D eigenvalue weighted by Gasteiger charge is 2.41. The second-order valence-corrected chi connectivity index (χ2v) is 7.82. The predicted molar refractivity (Wildman–Crippen MR) is 130 cm³/mol. The lowest BCUT2D eigenvalue weighted by Gasteiger charge is -2.16. The van der Waals surface area contributed by atoms with Crippen molar-refractivity contribution in [1.82, 2.24) is 0 Å². The Labute approximate surface area is 197 Å². The predicted octanol–water partition coefficient (Wildman–Crippen LogP) is 5.45. The van der Waals surface area contributed by atoms with Gasteiger partial charge in [-0.1, -0.05) is 35.9 Å². The van der Waals surface area contributed by atoms with E-state index < -0.39 is 11.8 Å². The summed E-state index contributed by atoms with van der Waals surface area (Å²) in [6, 6.07) is 19.3. The van der Waals surface area contributed by atoms with Gasteiger partial charge in [-0.2, -0.15) is 0 Å². The number of hydrogen-bond acceptors (Lipinski definition) is 5. The normalized spacial score (nSPS) is 13.5. The molecule has 3 aromatic carbocycles. The molecule has 0 radical (unpaired) electrons. The number of carbonyl (C=O) groups excluding carboxylic acids is 2. The summed E-state index contributed by atoms with van der Waals surface area (Å²) in [6.45, 7) is 4.30. The van der Waals surface area contributed by atoms with Crippen LogP contribution in [0.3, 0.4) is 0 Å². The Kier molecular flexibility index (Phi) is 6.38. The second kappa shape index (κ2) is 9.38. The fourth-order valence-corrected chi connectivity index (χ4v) is 3.83. The Morgan fingerprint density at radius 1 is 0.970 bits per heavy atom. The van der Waals surface area contributed by atoms with Gasteiger partial charge in [0.15, 0.2) is 0 Å². The molecule has 0 unspecified atom stereocenters. The smallest absolute Gasteiger partial charge is 0.282 e. The molecule has 1 heterocycles. The highest BCUT2D eigenvalue weighted by atomic mass is 35.5. The first-order chi connectivity index (χ1) is 15.9. The van der Waals surface area contributed by atoms with Gasteiger partial charge in [0.05, 0.1) is 25.0 Å². The maximum Gasteiger partial charge on any atom is 0.282 e. The Bertz CT molecular complexity index is 1250. The third-order valence-corrected chi connectivity index (χ3v) is 5.71. The van der Waals surface area contributed by atoms with E-state index in [0.717, 1.165) is 10.5 Å². The maximum atomic E-state index is 13.6. The number of carbonyl (C=O) groups is 2. The van der Waals surface area contributed by atoms with E-state index in [4.69, 9.17) is 21.1 Å². The van der Waals surface area contributed by atoms with Gasteiger partial charge < -0.3 is 14.8 Å². The van der Waals surface area contributed by atoms with Crippen molar-refractivity contribution >= 4 is 40.4 Å². The zero-order valence-electron chi connectivity index (χ0n) is 18.5. The van der Waals surface area contributed by atoms with Gasteiger partial charge in [-0.25, -0.2) is 4.90 Å². The van der Waals surface area contributed by atoms with E-state index in [2.05, 4.69) is 5.32 Å². The highest BCUT2D eigenvalue weighted by Crippen LogP contribution is 2.38. The summed E-state index contributed by atoms with van der Waals surface area (Å²) >= 11 is 6.28. The van der Waals surface area contributed by atoms with E-state index in [9.17, 15) is 9.59 Å². The van der Waals surface area contributed by atoms with Crippen molar-refractivity contribution in [2.45, 2.75) is 13.8 Å². The number of halogens is 1. The molecular formula is C26H23ClN2O4. The molecule has 33 heavy (non-hydrogen) atoms. The van der Waals surface area contributed by atoms with Gasteiger partial charge in [0, 0.05) is 16.3 Å². The standard InChI is InChI=1S/C26H23ClN2O4/c1-4-33-19-13-11-18(12-14-19)29-25(30)23(20-7-5-6-8-22(20)32-3)24(26(29)31)28-17-10-9-16(2)21(27)15-17/h5-15,28H,4H2,1-3H3. The van der Waals surface area contributed by atoms with Crippen molar-refractivity contribution in [2.24, 2.45) is 0 Å². The molecule has 7 heteroatoms. The van der Waals surface area contributed by atoms with E-state index in [1.54, 1.807) is 54.6 Å². The molecule has 0 saturated heterocycles. The first-order valence-corrected chi connectivity index (χ1v) is 10.8. The lowest BCUT2D eigenvalue weighted by molar-refractivity contribution is -0.120. The van der Waals surface area contributed by atoms with Gasteiger partial charge in [0.1, 0.15) is 17.2 Å². The minimum Gasteiger partial charge on any atom is -0.496 e. The molecule has 1 aliphatic rings. The molecular weight excluding hydrogens is 440 g/mol. The van der Waals surface area contributed by atoms with Crippen LogP contribution in [0.25, 0.3) is 5.57 Å². The van der Waals surface area contributed by atoms with Crippen LogP contribution in [-0.2, 0) is 9.59 Å². The van der Waals surface area contributed by atoms with Gasteiger partial charge in [0.2, 0.25) is 0 Å². The summed E-state index contributed by atoms with van der Waals surface area (Å²) in [6.07, 6.45) is 0. The van der Waals surface area contributed by atoms with Crippen LogP contribution in [0.4, 0.5) is 11.4 Å². The Morgan fingerprint density at radius 2 is 1.70 bits per heavy atom. The summed E-state index contributed by atoms with van der Waals surface area (Å²) in [5, 5.41) is 3.68. The van der Waals surface area contributed by atoms with Gasteiger partial charge in [0.25, 0.3) is 11.8 Å². The van der Waals surface area contributed by atoms with Crippen LogP contribution < -0.4 is 19.7 Å². The van der Waals surface area contributed by atoms with Crippen molar-refractivity contribution in [3.8, 4) is 11.5 Å². The zero-order valence-corrected chi connectivity index (χ0v) is 19.3. The van der Waals surface area contributed by atoms with E-state index in [-0.39, 0.29) is 11.3 Å². The fraction of sp³-hybridized carbons (Fsp3) is 0.154. The number of nitrogens with zero attached hydrogens (tertiary/aromatic N) is 1. The first-order valence-electron chi connectivity index (χ1n) is 10.5. The van der Waals surface area contributed by atoms with E-state index in [1.807, 2.05) is 26.0 Å². The third-order valence-electron chi connectivity index (χ3n) is 5.31. The third kappa shape index (κ3) is 4.30. The molecule has 0 spiro atoms. The first kappa shape index (κ1) is 22.4. The van der Waals surface area contributed by atoms with Crippen LogP contribution in [0.15, 0.2) is 72.4 Å². The topological polar surface area (TPSA) is 67.9 Å². The Balaban J connectivity index is 1.81. The van der Waals surface area contributed by atoms with Crippen LogP contribution in [0, 0.1) is 6.92 Å². The average molecular weight is 463 g/mol. The van der Waals surface area contributed by atoms with Crippen LogP contribution in [-0.4, -0.2) is 25.5 Å². The molecule has 0 bridgehead atoms. The van der Waals surface area contributed by atoms with Crippen molar-refractivity contribution in [3.63, 3.8) is 0 Å². The monoisotopic (exact) mass is 462 g/mol. The molecule has 0 aromatic heterocycles. The minimum absolute atomic E-state index is 0.151. The van der Waals surface area contributed by atoms with E-state index in [0.29, 0.717) is 40.1 Å². The number of para-hydroxylation sites is 1. The minimum atomic E-state index is -0.471. The molecule has 1 aliphatic heterocycles. The van der Waals surface area contributed by atoms with Crippen LogP contribution in [0.2, 0.25) is 5.02 Å². The zero-order chi connectivity index (χ0) is 23.5. The van der Waals surface area contributed by atoms with Gasteiger partial charge in [-0.3, -0.25) is 9.59 Å². The molecule has 0 aliphatic carbocycles. The van der Waals surface area contributed by atoms with Crippen molar-refractivity contribution in [1.29, 1.82) is 0 Å². The number of methoxy groups -OCH3 is 1. The lowest BCUT2D eigenvalue weighted by atomic mass is 10.0. The summed E-state index contributed by atoms with van der Waals surface area (Å²) in [5.74, 6) is 0.227. The number of ether oxygens (including phenoxy) is 2. The van der Waals surface area contributed by atoms with Gasteiger partial charge >= 0.3 is 0 Å². The second-order valence-electron chi connectivity index (χ2n) is 7.41. The van der Waals surface area contributed by atoms with Crippen molar-refractivity contribution in [3.05, 3.63) is 88.6 Å². The van der Waals surface area contributed by atoms with E-state index >= 15 is 0 Å². The van der Waals surface area contributed by atoms with Crippen molar-refractivity contribution in [2.75, 3.05) is 23.9 Å². The molecule has 1 N–H and O–H groups in total. The number of anilines is 2. The number of benzene rings is 3. The number of hydrogen-bond donors (Lipinski definition) is 1. The molecule has 0 atom stereocenters. The van der Waals surface area contributed by atoms with Crippen LogP contribution >= 0.6 is 11.6 Å². The molecule has 168 valence electrons. The Hall–Kier alpha value is -3.77. The number of aryl methyl sites for hydroxylation is 1. The lowest BCUT2D eigenvalue weighted by Crippen LogP contribution is -2.32. The summed E-state index contributed by atoms with van der Waals surface area (Å²) in [5.41, 5.74) is 2.85. The van der Waals surface area contributed by atoms with Crippen molar-refractivity contribution < 1.29 is 19.1 Å². The Morgan fingerprint density at radius 3 is 2.36 bits per heavy atom.